The van der Waals surface area contributed by atoms with Crippen molar-refractivity contribution in [3.8, 4) is 0 Å². The Kier molecular flexibility index (Phi) is 3.09. The first-order valence-corrected chi connectivity index (χ1v) is 5.96. The minimum absolute atomic E-state index is 0.212. The lowest BCUT2D eigenvalue weighted by Crippen LogP contribution is -2.52. The van der Waals surface area contributed by atoms with Gasteiger partial charge in [-0.2, -0.15) is 0 Å². The number of rotatable bonds is 4. The molecule has 0 unspecified atom stereocenters. The summed E-state index contributed by atoms with van der Waals surface area (Å²) in [6.45, 7) is 3.46. The molecule has 0 bridgehead atoms. The fourth-order valence-corrected chi connectivity index (χ4v) is 1.96. The molecule has 1 aliphatic rings. The van der Waals surface area contributed by atoms with Gasteiger partial charge in [0.05, 0.1) is 11.9 Å². The van der Waals surface area contributed by atoms with Gasteiger partial charge in [-0.05, 0) is 0 Å². The molecule has 0 aromatic rings. The first-order valence-electron chi connectivity index (χ1n) is 4.14. The number of hydrogen-bond acceptors (Lipinski definition) is 4. The molecule has 5 heteroatoms. The molecule has 0 aromatic carbocycles. The van der Waals surface area contributed by atoms with E-state index in [-0.39, 0.29) is 17.6 Å². The summed E-state index contributed by atoms with van der Waals surface area (Å²) in [6, 6.07) is 0. The number of aliphatic hydroxyl groups excluding tert-OH is 1. The Morgan fingerprint density at radius 3 is 2.50 bits per heavy atom. The van der Waals surface area contributed by atoms with Gasteiger partial charge in [0.2, 0.25) is 0 Å². The Morgan fingerprint density at radius 2 is 2.08 bits per heavy atom. The maximum Gasteiger partial charge on any atom is 0.151 e. The van der Waals surface area contributed by atoms with Crippen LogP contribution >= 0.6 is 0 Å². The first-order chi connectivity index (χ1) is 5.53. The molecule has 0 radical (unpaired) electrons. The summed E-state index contributed by atoms with van der Waals surface area (Å²) < 4.78 is 22.1. The third-order valence-electron chi connectivity index (χ3n) is 2.10. The molecule has 0 saturated carbocycles. The van der Waals surface area contributed by atoms with E-state index in [9.17, 15) is 8.42 Å². The summed E-state index contributed by atoms with van der Waals surface area (Å²) in [5.74, 6) is 0.430. The molecule has 0 aromatic heterocycles. The summed E-state index contributed by atoms with van der Waals surface area (Å²) >= 11 is 0. The zero-order valence-electron chi connectivity index (χ0n) is 7.23. The Balaban J connectivity index is 2.18. The molecule has 12 heavy (non-hydrogen) atoms. The monoisotopic (exact) mass is 193 g/mol. The van der Waals surface area contributed by atoms with Crippen LogP contribution < -0.4 is 0 Å². The molecule has 1 saturated heterocycles. The van der Waals surface area contributed by atoms with E-state index in [1.807, 2.05) is 4.90 Å². The molecular formula is C7H15NO3S. The fraction of sp³-hybridized carbons (Fsp3) is 1.00. The lowest BCUT2D eigenvalue weighted by molar-refractivity contribution is 0.00623. The molecule has 1 N–H and O–H groups in total. The molecule has 1 rings (SSSR count). The average molecular weight is 193 g/mol. The number of aliphatic hydroxyl groups is 1. The predicted molar refractivity (Wildman–Crippen MR) is 46.8 cm³/mol. The maximum atomic E-state index is 11.0. The number of sulfone groups is 1. The van der Waals surface area contributed by atoms with E-state index in [0.717, 1.165) is 0 Å². The SMILES string of the molecule is CCS(=O)(=O)CCN1CC(O)C1. The first kappa shape index (κ1) is 9.95. The molecule has 0 spiro atoms. The topological polar surface area (TPSA) is 57.6 Å². The fourth-order valence-electron chi connectivity index (χ4n) is 1.14. The Hall–Kier alpha value is -0.130. The van der Waals surface area contributed by atoms with E-state index in [1.54, 1.807) is 6.92 Å². The normalized spacial score (nSPS) is 20.8. The van der Waals surface area contributed by atoms with Gasteiger partial charge in [-0.1, -0.05) is 6.92 Å². The quantitative estimate of drug-likeness (QED) is 0.628. The number of likely N-dealkylation sites (tertiary alicyclic amines) is 1. The van der Waals surface area contributed by atoms with Crippen LogP contribution in [0.2, 0.25) is 0 Å². The van der Waals surface area contributed by atoms with E-state index in [4.69, 9.17) is 5.11 Å². The highest BCUT2D eigenvalue weighted by atomic mass is 32.2. The van der Waals surface area contributed by atoms with Gasteiger partial charge >= 0.3 is 0 Å². The molecule has 0 atom stereocenters. The highest BCUT2D eigenvalue weighted by molar-refractivity contribution is 7.91. The second-order valence-corrected chi connectivity index (χ2v) is 5.62. The van der Waals surface area contributed by atoms with E-state index >= 15 is 0 Å². The van der Waals surface area contributed by atoms with E-state index in [2.05, 4.69) is 0 Å². The average Bonchev–Trinajstić information content (AvgIpc) is 1.96. The highest BCUT2D eigenvalue weighted by Gasteiger charge is 2.24. The highest BCUT2D eigenvalue weighted by Crippen LogP contribution is 2.06. The zero-order chi connectivity index (χ0) is 9.19. The van der Waals surface area contributed by atoms with Gasteiger partial charge < -0.3 is 5.11 Å². The van der Waals surface area contributed by atoms with Gasteiger partial charge in [-0.15, -0.1) is 0 Å². The van der Waals surface area contributed by atoms with Crippen LogP contribution in [0.5, 0.6) is 0 Å². The summed E-state index contributed by atoms with van der Waals surface area (Å²) in [5, 5.41) is 8.91. The third-order valence-corrected chi connectivity index (χ3v) is 3.78. The number of β-amino-alcohol motifs (C(OH)–C–C–N with tert-alkyl or cyclic N) is 1. The van der Waals surface area contributed by atoms with Gasteiger partial charge in [0.1, 0.15) is 0 Å². The van der Waals surface area contributed by atoms with E-state index in [1.165, 1.54) is 0 Å². The van der Waals surface area contributed by atoms with Crippen LogP contribution in [0, 0.1) is 0 Å². The molecule has 0 amide bonds. The van der Waals surface area contributed by atoms with Crippen LogP contribution in [-0.2, 0) is 9.84 Å². The van der Waals surface area contributed by atoms with Crippen LogP contribution in [0.1, 0.15) is 6.92 Å². The summed E-state index contributed by atoms with van der Waals surface area (Å²) in [4.78, 5) is 1.94. The molecular weight excluding hydrogens is 178 g/mol. The van der Waals surface area contributed by atoms with Crippen molar-refractivity contribution < 1.29 is 13.5 Å². The Labute approximate surface area is 73.1 Å². The summed E-state index contributed by atoms with van der Waals surface area (Å²) in [7, 11) is -2.83. The van der Waals surface area contributed by atoms with E-state index in [0.29, 0.717) is 19.6 Å². The number of nitrogens with zero attached hydrogens (tertiary/aromatic N) is 1. The van der Waals surface area contributed by atoms with Crippen molar-refractivity contribution in [1.29, 1.82) is 0 Å². The lowest BCUT2D eigenvalue weighted by Gasteiger charge is -2.35. The van der Waals surface area contributed by atoms with Gasteiger partial charge in [-0.3, -0.25) is 4.90 Å². The minimum atomic E-state index is -2.83. The van der Waals surface area contributed by atoms with Crippen LogP contribution in [0.15, 0.2) is 0 Å². The van der Waals surface area contributed by atoms with Gasteiger partial charge in [0.15, 0.2) is 9.84 Å². The molecule has 1 aliphatic heterocycles. The van der Waals surface area contributed by atoms with Crippen molar-refractivity contribution in [1.82, 2.24) is 4.90 Å². The molecule has 4 nitrogen and oxygen atoms in total. The van der Waals surface area contributed by atoms with Crippen molar-refractivity contribution >= 4 is 9.84 Å². The molecule has 0 aliphatic carbocycles. The van der Waals surface area contributed by atoms with Crippen molar-refractivity contribution in [3.63, 3.8) is 0 Å². The van der Waals surface area contributed by atoms with Gasteiger partial charge in [-0.25, -0.2) is 8.42 Å². The minimum Gasteiger partial charge on any atom is -0.390 e. The van der Waals surface area contributed by atoms with Crippen LogP contribution in [0.3, 0.4) is 0 Å². The predicted octanol–water partition coefficient (Wildman–Crippen LogP) is -0.902. The molecule has 1 heterocycles. The number of hydrogen-bond donors (Lipinski definition) is 1. The summed E-state index contributed by atoms with van der Waals surface area (Å²) in [6.07, 6.45) is -0.241. The second-order valence-electron chi connectivity index (χ2n) is 3.15. The van der Waals surface area contributed by atoms with Gasteiger partial charge in [0.25, 0.3) is 0 Å². The molecule has 72 valence electrons. The van der Waals surface area contributed by atoms with Crippen molar-refractivity contribution in [2.45, 2.75) is 13.0 Å². The zero-order valence-corrected chi connectivity index (χ0v) is 8.05. The van der Waals surface area contributed by atoms with Crippen molar-refractivity contribution in [2.75, 3.05) is 31.1 Å². The lowest BCUT2D eigenvalue weighted by atomic mass is 10.2. The Bertz CT molecular complexity index is 231. The standard InChI is InChI=1S/C7H15NO3S/c1-2-12(10,11)4-3-8-5-7(9)6-8/h7,9H,2-6H2,1H3. The van der Waals surface area contributed by atoms with Crippen LogP contribution in [0.4, 0.5) is 0 Å². The smallest absolute Gasteiger partial charge is 0.151 e. The van der Waals surface area contributed by atoms with Crippen LogP contribution in [-0.4, -0.2) is 55.7 Å². The van der Waals surface area contributed by atoms with Gasteiger partial charge in [0, 0.05) is 25.4 Å². The van der Waals surface area contributed by atoms with Crippen LogP contribution in [0.25, 0.3) is 0 Å². The van der Waals surface area contributed by atoms with E-state index < -0.39 is 9.84 Å². The van der Waals surface area contributed by atoms with Crippen molar-refractivity contribution in [2.24, 2.45) is 0 Å². The largest absolute Gasteiger partial charge is 0.390 e. The second kappa shape index (κ2) is 3.72. The van der Waals surface area contributed by atoms with Crippen molar-refractivity contribution in [3.05, 3.63) is 0 Å². The Morgan fingerprint density at radius 1 is 1.50 bits per heavy atom. The maximum absolute atomic E-state index is 11.0. The molecule has 1 fully saturated rings. The third kappa shape index (κ3) is 2.73. The summed E-state index contributed by atoms with van der Waals surface area (Å²) in [5.41, 5.74) is 0.